The molecule has 2 nitrogen and oxygen atoms in total. The number of rotatable bonds is 8. The van der Waals surface area contributed by atoms with Crippen molar-refractivity contribution in [1.29, 1.82) is 0 Å². The molecule has 0 fully saturated rings. The van der Waals surface area contributed by atoms with Gasteiger partial charge in [-0.15, -0.1) is 0 Å². The molecule has 3 heteroatoms. The molecule has 0 spiro atoms. The van der Waals surface area contributed by atoms with Gasteiger partial charge in [0, 0.05) is 17.1 Å². The third-order valence-corrected chi connectivity index (χ3v) is 6.31. The van der Waals surface area contributed by atoms with E-state index >= 15 is 0 Å². The standard InChI is InChI=1S/C34H28FNO/c1-37-33-22-20-32(21-23-33)36(31-18-14-27(25-35)15-19-31)30-16-12-26(13-17-30)24-34(28-8-4-2-5-9-28)29-10-6-3-7-11-29/h2-24H,25H2,1H3. The van der Waals surface area contributed by atoms with Gasteiger partial charge < -0.3 is 9.64 Å². The maximum atomic E-state index is 13.1. The summed E-state index contributed by atoms with van der Waals surface area (Å²) in [5.74, 6) is 0.798. The largest absolute Gasteiger partial charge is 0.497 e. The topological polar surface area (TPSA) is 12.5 Å². The van der Waals surface area contributed by atoms with Crippen LogP contribution in [0.15, 0.2) is 133 Å². The van der Waals surface area contributed by atoms with Crippen molar-refractivity contribution in [2.24, 2.45) is 0 Å². The Morgan fingerprint density at radius 2 is 1.08 bits per heavy atom. The van der Waals surface area contributed by atoms with E-state index < -0.39 is 6.67 Å². The van der Waals surface area contributed by atoms with Crippen molar-refractivity contribution in [1.82, 2.24) is 0 Å². The van der Waals surface area contributed by atoms with Crippen molar-refractivity contribution in [3.8, 4) is 5.75 Å². The Morgan fingerprint density at radius 3 is 1.54 bits per heavy atom. The molecule has 0 saturated heterocycles. The third kappa shape index (κ3) is 5.62. The van der Waals surface area contributed by atoms with Crippen molar-refractivity contribution in [2.75, 3.05) is 12.0 Å². The third-order valence-electron chi connectivity index (χ3n) is 6.31. The number of hydrogen-bond donors (Lipinski definition) is 0. The van der Waals surface area contributed by atoms with Gasteiger partial charge >= 0.3 is 0 Å². The predicted molar refractivity (Wildman–Crippen MR) is 152 cm³/mol. The van der Waals surface area contributed by atoms with Gasteiger partial charge in [0.1, 0.15) is 12.4 Å². The first-order chi connectivity index (χ1) is 18.2. The number of nitrogens with zero attached hydrogens (tertiary/aromatic N) is 1. The van der Waals surface area contributed by atoms with Crippen molar-refractivity contribution in [3.05, 3.63) is 156 Å². The van der Waals surface area contributed by atoms with Crippen LogP contribution in [-0.2, 0) is 6.67 Å². The number of hydrogen-bond acceptors (Lipinski definition) is 2. The second kappa shape index (κ2) is 11.4. The normalized spacial score (nSPS) is 10.5. The molecule has 0 aliphatic carbocycles. The minimum absolute atomic E-state index is 0.477. The highest BCUT2D eigenvalue weighted by Crippen LogP contribution is 2.36. The van der Waals surface area contributed by atoms with E-state index in [0.717, 1.165) is 28.4 Å². The van der Waals surface area contributed by atoms with Gasteiger partial charge in [0.15, 0.2) is 0 Å². The quantitative estimate of drug-likeness (QED) is 0.203. The van der Waals surface area contributed by atoms with E-state index in [1.165, 1.54) is 16.7 Å². The Bertz CT molecular complexity index is 1350. The molecule has 0 aliphatic rings. The Balaban J connectivity index is 1.54. The highest BCUT2D eigenvalue weighted by atomic mass is 19.1. The summed E-state index contributed by atoms with van der Waals surface area (Å²) in [7, 11) is 1.66. The molecule has 0 aliphatic heterocycles. The molecule has 5 aromatic carbocycles. The summed E-state index contributed by atoms with van der Waals surface area (Å²) in [6.45, 7) is -0.477. The van der Waals surface area contributed by atoms with Crippen LogP contribution in [0.25, 0.3) is 11.6 Å². The minimum atomic E-state index is -0.477. The summed E-state index contributed by atoms with van der Waals surface area (Å²) in [6.07, 6.45) is 2.22. The van der Waals surface area contributed by atoms with Gasteiger partial charge in [0.05, 0.1) is 7.11 Å². The lowest BCUT2D eigenvalue weighted by atomic mass is 9.95. The number of methoxy groups -OCH3 is 1. The van der Waals surface area contributed by atoms with Crippen LogP contribution >= 0.6 is 0 Å². The number of anilines is 3. The highest BCUT2D eigenvalue weighted by Gasteiger charge is 2.13. The zero-order valence-corrected chi connectivity index (χ0v) is 20.7. The van der Waals surface area contributed by atoms with E-state index in [9.17, 15) is 4.39 Å². The molecule has 0 amide bonds. The molecule has 37 heavy (non-hydrogen) atoms. The smallest absolute Gasteiger partial charge is 0.119 e. The van der Waals surface area contributed by atoms with E-state index in [1.807, 2.05) is 60.7 Å². The molecule has 0 saturated carbocycles. The van der Waals surface area contributed by atoms with Crippen LogP contribution in [0.5, 0.6) is 5.75 Å². The van der Waals surface area contributed by atoms with Gasteiger partial charge in [-0.2, -0.15) is 0 Å². The van der Waals surface area contributed by atoms with Gasteiger partial charge in [-0.25, -0.2) is 4.39 Å². The van der Waals surface area contributed by atoms with Gasteiger partial charge in [-0.1, -0.05) is 84.9 Å². The summed E-state index contributed by atoms with van der Waals surface area (Å²) in [4.78, 5) is 2.16. The Kier molecular flexibility index (Phi) is 7.42. The number of halogens is 1. The number of ether oxygens (including phenoxy) is 1. The molecule has 0 atom stereocenters. The molecule has 5 rings (SSSR count). The van der Waals surface area contributed by atoms with Crippen LogP contribution in [0.2, 0.25) is 0 Å². The monoisotopic (exact) mass is 485 g/mol. The Morgan fingerprint density at radius 1 is 0.622 bits per heavy atom. The fourth-order valence-corrected chi connectivity index (χ4v) is 4.37. The number of benzene rings is 5. The molecule has 0 bridgehead atoms. The van der Waals surface area contributed by atoms with E-state index in [4.69, 9.17) is 4.74 Å². The van der Waals surface area contributed by atoms with Crippen molar-refractivity contribution in [3.63, 3.8) is 0 Å². The van der Waals surface area contributed by atoms with Crippen molar-refractivity contribution >= 4 is 28.7 Å². The molecule has 0 N–H and O–H groups in total. The molecule has 0 unspecified atom stereocenters. The van der Waals surface area contributed by atoms with Crippen LogP contribution < -0.4 is 9.64 Å². The summed E-state index contributed by atoms with van der Waals surface area (Å²) in [5.41, 5.74) is 8.24. The number of alkyl halides is 1. The van der Waals surface area contributed by atoms with Gasteiger partial charge in [-0.3, -0.25) is 0 Å². The van der Waals surface area contributed by atoms with Crippen LogP contribution in [0, 0.1) is 0 Å². The van der Waals surface area contributed by atoms with E-state index in [0.29, 0.717) is 5.56 Å². The SMILES string of the molecule is COc1ccc(N(c2ccc(C=C(c3ccccc3)c3ccccc3)cc2)c2ccc(CF)cc2)cc1. The van der Waals surface area contributed by atoms with Crippen LogP contribution in [0.4, 0.5) is 21.5 Å². The molecule has 0 heterocycles. The molecule has 5 aromatic rings. The lowest BCUT2D eigenvalue weighted by Crippen LogP contribution is -2.10. The molecule has 0 radical (unpaired) electrons. The average Bonchev–Trinajstić information content (AvgIpc) is 2.98. The fraction of sp³-hybridized carbons (Fsp3) is 0.0588. The summed E-state index contributed by atoms with van der Waals surface area (Å²) < 4.78 is 18.5. The zero-order valence-electron chi connectivity index (χ0n) is 20.7. The maximum Gasteiger partial charge on any atom is 0.119 e. The summed E-state index contributed by atoms with van der Waals surface area (Å²) >= 11 is 0. The van der Waals surface area contributed by atoms with E-state index in [-0.39, 0.29) is 0 Å². The average molecular weight is 486 g/mol. The maximum absolute atomic E-state index is 13.1. The van der Waals surface area contributed by atoms with Crippen molar-refractivity contribution in [2.45, 2.75) is 6.67 Å². The van der Waals surface area contributed by atoms with Crippen LogP contribution in [0.1, 0.15) is 22.3 Å². The minimum Gasteiger partial charge on any atom is -0.497 e. The zero-order chi connectivity index (χ0) is 25.5. The van der Waals surface area contributed by atoms with Crippen LogP contribution in [0.3, 0.4) is 0 Å². The second-order valence-corrected chi connectivity index (χ2v) is 8.72. The van der Waals surface area contributed by atoms with Crippen LogP contribution in [-0.4, -0.2) is 7.11 Å². The summed E-state index contributed by atoms with van der Waals surface area (Å²) in [6, 6.07) is 44.9. The highest BCUT2D eigenvalue weighted by molar-refractivity contribution is 5.91. The Hall–Kier alpha value is -4.63. The molecular weight excluding hydrogens is 457 g/mol. The fourth-order valence-electron chi connectivity index (χ4n) is 4.37. The first kappa shape index (κ1) is 24.1. The van der Waals surface area contributed by atoms with E-state index in [2.05, 4.69) is 83.8 Å². The molecular formula is C34H28FNO. The molecule has 182 valence electrons. The van der Waals surface area contributed by atoms with Gasteiger partial charge in [0.25, 0.3) is 0 Å². The first-order valence-corrected chi connectivity index (χ1v) is 12.3. The van der Waals surface area contributed by atoms with Gasteiger partial charge in [-0.05, 0) is 82.4 Å². The van der Waals surface area contributed by atoms with E-state index in [1.54, 1.807) is 7.11 Å². The van der Waals surface area contributed by atoms with Gasteiger partial charge in [0.2, 0.25) is 0 Å². The first-order valence-electron chi connectivity index (χ1n) is 12.3. The summed E-state index contributed by atoms with van der Waals surface area (Å²) in [5, 5.41) is 0. The Labute approximate surface area is 217 Å². The lowest BCUT2D eigenvalue weighted by molar-refractivity contribution is 0.415. The van der Waals surface area contributed by atoms with Crippen molar-refractivity contribution < 1.29 is 9.13 Å². The lowest BCUT2D eigenvalue weighted by Gasteiger charge is -2.26. The second-order valence-electron chi connectivity index (χ2n) is 8.72. The predicted octanol–water partition coefficient (Wildman–Crippen LogP) is 9.22. The molecule has 0 aromatic heterocycles.